The predicted molar refractivity (Wildman–Crippen MR) is 69.8 cm³/mol. The summed E-state index contributed by atoms with van der Waals surface area (Å²) in [5.74, 6) is -0.956. The molecule has 0 spiro atoms. The summed E-state index contributed by atoms with van der Waals surface area (Å²) in [4.78, 5) is 12.0. The summed E-state index contributed by atoms with van der Waals surface area (Å²) in [5, 5.41) is 22.6. The largest absolute Gasteiger partial charge is 0.478 e. The van der Waals surface area contributed by atoms with E-state index in [0.717, 1.165) is 4.88 Å². The molecular weight excluding hydrogens is 248 g/mol. The fourth-order valence-corrected chi connectivity index (χ4v) is 2.29. The van der Waals surface area contributed by atoms with Crippen LogP contribution >= 0.6 is 11.3 Å². The summed E-state index contributed by atoms with van der Waals surface area (Å²) in [6.07, 6.45) is 0. The maximum atomic E-state index is 11.0. The van der Waals surface area contributed by atoms with Crippen molar-refractivity contribution >= 4 is 23.0 Å². The highest BCUT2D eigenvalue weighted by atomic mass is 32.1. The molecule has 0 atom stereocenters. The van der Waals surface area contributed by atoms with Gasteiger partial charge in [-0.3, -0.25) is 0 Å². The Morgan fingerprint density at radius 2 is 2.22 bits per heavy atom. The SMILES string of the molecule is N#Cc1csc(CNc2ccccc2C(=O)O)c1. The van der Waals surface area contributed by atoms with Gasteiger partial charge < -0.3 is 10.4 Å². The van der Waals surface area contributed by atoms with Gasteiger partial charge in [-0.1, -0.05) is 12.1 Å². The standard InChI is InChI=1S/C13H10N2O2S/c14-6-9-5-10(18-8-9)7-15-12-4-2-1-3-11(12)13(16)17/h1-5,8,15H,7H2,(H,16,17). The van der Waals surface area contributed by atoms with E-state index >= 15 is 0 Å². The van der Waals surface area contributed by atoms with E-state index in [2.05, 4.69) is 11.4 Å². The zero-order valence-corrected chi connectivity index (χ0v) is 10.2. The van der Waals surface area contributed by atoms with Crippen molar-refractivity contribution < 1.29 is 9.90 Å². The molecule has 2 aromatic rings. The minimum Gasteiger partial charge on any atom is -0.478 e. The Kier molecular flexibility index (Phi) is 3.60. The molecule has 18 heavy (non-hydrogen) atoms. The molecule has 0 amide bonds. The van der Waals surface area contributed by atoms with Crippen LogP contribution in [0.3, 0.4) is 0 Å². The first-order valence-corrected chi connectivity index (χ1v) is 6.12. The molecule has 0 fully saturated rings. The summed E-state index contributed by atoms with van der Waals surface area (Å²) in [6, 6.07) is 10.6. The maximum absolute atomic E-state index is 11.0. The van der Waals surface area contributed by atoms with Gasteiger partial charge in [-0.05, 0) is 18.2 Å². The van der Waals surface area contributed by atoms with Crippen molar-refractivity contribution in [2.45, 2.75) is 6.54 Å². The topological polar surface area (TPSA) is 73.1 Å². The van der Waals surface area contributed by atoms with Crippen LogP contribution in [0.25, 0.3) is 0 Å². The number of aromatic carboxylic acids is 1. The highest BCUT2D eigenvalue weighted by molar-refractivity contribution is 7.10. The molecule has 0 saturated heterocycles. The lowest BCUT2D eigenvalue weighted by Crippen LogP contribution is -2.05. The molecule has 0 bridgehead atoms. The number of nitriles is 1. The van der Waals surface area contributed by atoms with Gasteiger partial charge in [-0.2, -0.15) is 5.26 Å². The Labute approximate surface area is 108 Å². The molecule has 5 heteroatoms. The number of thiophene rings is 1. The number of benzene rings is 1. The van der Waals surface area contributed by atoms with Gasteiger partial charge in [0.2, 0.25) is 0 Å². The Bertz CT molecular complexity index is 613. The van der Waals surface area contributed by atoms with Gasteiger partial charge in [0.1, 0.15) is 6.07 Å². The van der Waals surface area contributed by atoms with Gasteiger partial charge in [0.15, 0.2) is 0 Å². The van der Waals surface area contributed by atoms with E-state index in [9.17, 15) is 4.79 Å². The molecule has 0 saturated carbocycles. The number of nitrogens with zero attached hydrogens (tertiary/aromatic N) is 1. The van der Waals surface area contributed by atoms with Crippen molar-refractivity contribution in [3.63, 3.8) is 0 Å². The van der Waals surface area contributed by atoms with E-state index < -0.39 is 5.97 Å². The molecule has 0 aliphatic carbocycles. The Morgan fingerprint density at radius 3 is 2.89 bits per heavy atom. The third-order valence-electron chi connectivity index (χ3n) is 2.39. The molecule has 1 aromatic heterocycles. The van der Waals surface area contributed by atoms with Gasteiger partial charge >= 0.3 is 5.97 Å². The lowest BCUT2D eigenvalue weighted by atomic mass is 10.2. The van der Waals surface area contributed by atoms with E-state index in [4.69, 9.17) is 10.4 Å². The number of para-hydroxylation sites is 1. The van der Waals surface area contributed by atoms with Crippen LogP contribution in [0.2, 0.25) is 0 Å². The van der Waals surface area contributed by atoms with Crippen molar-refractivity contribution in [2.75, 3.05) is 5.32 Å². The van der Waals surface area contributed by atoms with Crippen molar-refractivity contribution in [3.8, 4) is 6.07 Å². The van der Waals surface area contributed by atoms with Crippen LogP contribution in [0, 0.1) is 11.3 Å². The molecule has 2 N–H and O–H groups in total. The number of hydrogen-bond donors (Lipinski definition) is 2. The van der Waals surface area contributed by atoms with Crippen LogP contribution < -0.4 is 5.32 Å². The third-order valence-corrected chi connectivity index (χ3v) is 3.33. The highest BCUT2D eigenvalue weighted by Gasteiger charge is 2.08. The maximum Gasteiger partial charge on any atom is 0.337 e. The van der Waals surface area contributed by atoms with Crippen molar-refractivity contribution in [1.82, 2.24) is 0 Å². The quantitative estimate of drug-likeness (QED) is 0.884. The molecule has 2 rings (SSSR count). The number of nitrogens with one attached hydrogen (secondary N) is 1. The van der Waals surface area contributed by atoms with Crippen molar-refractivity contribution in [3.05, 3.63) is 51.7 Å². The fraction of sp³-hybridized carbons (Fsp3) is 0.0769. The number of carbonyl (C=O) groups is 1. The lowest BCUT2D eigenvalue weighted by molar-refractivity contribution is 0.0698. The predicted octanol–water partition coefficient (Wildman–Crippen LogP) is 2.93. The molecule has 4 nitrogen and oxygen atoms in total. The zero-order chi connectivity index (χ0) is 13.0. The van der Waals surface area contributed by atoms with Gasteiger partial charge in [-0.25, -0.2) is 4.79 Å². The Morgan fingerprint density at radius 1 is 1.44 bits per heavy atom. The zero-order valence-electron chi connectivity index (χ0n) is 9.38. The molecule has 0 unspecified atom stereocenters. The van der Waals surface area contributed by atoms with E-state index in [1.165, 1.54) is 11.3 Å². The minimum absolute atomic E-state index is 0.245. The molecular formula is C13H10N2O2S. The van der Waals surface area contributed by atoms with E-state index in [0.29, 0.717) is 17.8 Å². The first-order chi connectivity index (χ1) is 8.70. The minimum atomic E-state index is -0.956. The first-order valence-electron chi connectivity index (χ1n) is 5.24. The van der Waals surface area contributed by atoms with Crippen LogP contribution in [-0.2, 0) is 6.54 Å². The van der Waals surface area contributed by atoms with Crippen LogP contribution in [0.4, 0.5) is 5.69 Å². The molecule has 1 aromatic carbocycles. The first kappa shape index (κ1) is 12.1. The van der Waals surface area contributed by atoms with Gasteiger partial charge in [0.05, 0.1) is 11.1 Å². The second-order valence-corrected chi connectivity index (χ2v) is 4.61. The number of rotatable bonds is 4. The molecule has 1 heterocycles. The Hall–Kier alpha value is -2.32. The second kappa shape index (κ2) is 5.34. The van der Waals surface area contributed by atoms with E-state index in [-0.39, 0.29) is 5.56 Å². The summed E-state index contributed by atoms with van der Waals surface area (Å²) in [7, 11) is 0. The van der Waals surface area contributed by atoms with Gasteiger partial charge in [0, 0.05) is 22.5 Å². The van der Waals surface area contributed by atoms with Gasteiger partial charge in [0.25, 0.3) is 0 Å². The number of hydrogen-bond acceptors (Lipinski definition) is 4. The van der Waals surface area contributed by atoms with Gasteiger partial charge in [-0.15, -0.1) is 11.3 Å². The monoisotopic (exact) mass is 258 g/mol. The average Bonchev–Trinajstić information content (AvgIpc) is 2.84. The second-order valence-electron chi connectivity index (χ2n) is 3.62. The summed E-state index contributed by atoms with van der Waals surface area (Å²) in [5.41, 5.74) is 1.45. The molecule has 0 aliphatic rings. The van der Waals surface area contributed by atoms with Crippen LogP contribution in [-0.4, -0.2) is 11.1 Å². The number of carboxylic acids is 1. The van der Waals surface area contributed by atoms with Crippen LogP contribution in [0.1, 0.15) is 20.8 Å². The summed E-state index contributed by atoms with van der Waals surface area (Å²) in [6.45, 7) is 0.511. The Balaban J connectivity index is 2.11. The average molecular weight is 258 g/mol. The fourth-order valence-electron chi connectivity index (χ4n) is 1.54. The molecule has 0 aliphatic heterocycles. The number of anilines is 1. The summed E-state index contributed by atoms with van der Waals surface area (Å²) >= 11 is 1.48. The third kappa shape index (κ3) is 2.67. The van der Waals surface area contributed by atoms with E-state index in [1.54, 1.807) is 35.7 Å². The lowest BCUT2D eigenvalue weighted by Gasteiger charge is -2.07. The smallest absolute Gasteiger partial charge is 0.337 e. The highest BCUT2D eigenvalue weighted by Crippen LogP contribution is 2.19. The van der Waals surface area contributed by atoms with E-state index in [1.807, 2.05) is 0 Å². The molecule has 90 valence electrons. The normalized spacial score (nSPS) is 9.72. The molecule has 0 radical (unpaired) electrons. The van der Waals surface area contributed by atoms with Crippen LogP contribution in [0.5, 0.6) is 0 Å². The number of carboxylic acid groups (broad SMARTS) is 1. The van der Waals surface area contributed by atoms with Crippen LogP contribution in [0.15, 0.2) is 35.7 Å². The van der Waals surface area contributed by atoms with Crippen molar-refractivity contribution in [2.24, 2.45) is 0 Å². The summed E-state index contributed by atoms with van der Waals surface area (Å²) < 4.78 is 0. The van der Waals surface area contributed by atoms with Crippen molar-refractivity contribution in [1.29, 1.82) is 5.26 Å².